The second kappa shape index (κ2) is 5.68. The Morgan fingerprint density at radius 2 is 1.89 bits per heavy atom. The second-order valence-electron chi connectivity index (χ2n) is 3.78. The molecule has 0 bridgehead atoms. The zero-order valence-electron chi connectivity index (χ0n) is 9.66. The zero-order chi connectivity index (χ0) is 13.8. The third-order valence-electron chi connectivity index (χ3n) is 2.45. The molecule has 0 aromatic heterocycles. The Balaban J connectivity index is 2.15. The lowest BCUT2D eigenvalue weighted by atomic mass is 10.2. The van der Waals surface area contributed by atoms with E-state index < -0.39 is 11.6 Å². The van der Waals surface area contributed by atoms with Gasteiger partial charge in [0, 0.05) is 10.6 Å². The highest BCUT2D eigenvalue weighted by Gasteiger charge is 2.08. The first-order valence-electron chi connectivity index (χ1n) is 5.36. The maximum absolute atomic E-state index is 13.5. The molecule has 0 spiro atoms. The normalized spacial score (nSPS) is 10.0. The van der Waals surface area contributed by atoms with Gasteiger partial charge in [-0.2, -0.15) is 5.26 Å². The fourth-order valence-corrected chi connectivity index (χ4v) is 1.69. The fourth-order valence-electron chi connectivity index (χ4n) is 1.50. The maximum atomic E-state index is 13.5. The van der Waals surface area contributed by atoms with Gasteiger partial charge in [-0.25, -0.2) is 8.78 Å². The minimum absolute atomic E-state index is 0.0432. The van der Waals surface area contributed by atoms with E-state index in [2.05, 4.69) is 0 Å². The van der Waals surface area contributed by atoms with Crippen molar-refractivity contribution in [2.75, 3.05) is 0 Å². The van der Waals surface area contributed by atoms with E-state index in [1.54, 1.807) is 0 Å². The van der Waals surface area contributed by atoms with Crippen LogP contribution in [0.4, 0.5) is 8.78 Å². The lowest BCUT2D eigenvalue weighted by Crippen LogP contribution is -2.00. The van der Waals surface area contributed by atoms with Crippen LogP contribution in [0, 0.1) is 23.0 Å². The van der Waals surface area contributed by atoms with E-state index in [1.807, 2.05) is 6.07 Å². The van der Waals surface area contributed by atoms with Crippen molar-refractivity contribution in [3.8, 4) is 11.8 Å². The molecule has 0 amide bonds. The van der Waals surface area contributed by atoms with Crippen molar-refractivity contribution in [2.24, 2.45) is 0 Å². The number of halogens is 3. The third-order valence-corrected chi connectivity index (χ3v) is 2.69. The van der Waals surface area contributed by atoms with Crippen molar-refractivity contribution >= 4 is 11.6 Å². The molecular weight excluding hydrogens is 272 g/mol. The van der Waals surface area contributed by atoms with Crippen LogP contribution in [0.3, 0.4) is 0 Å². The summed E-state index contributed by atoms with van der Waals surface area (Å²) >= 11 is 5.74. The molecule has 0 saturated carbocycles. The summed E-state index contributed by atoms with van der Waals surface area (Å²) in [6.45, 7) is -0.144. The van der Waals surface area contributed by atoms with Gasteiger partial charge in [-0.15, -0.1) is 0 Å². The monoisotopic (exact) mass is 279 g/mol. The van der Waals surface area contributed by atoms with Crippen molar-refractivity contribution in [3.63, 3.8) is 0 Å². The largest absolute Gasteiger partial charge is 0.486 e. The first-order valence-corrected chi connectivity index (χ1v) is 5.74. The lowest BCUT2D eigenvalue weighted by molar-refractivity contribution is 0.285. The van der Waals surface area contributed by atoms with Gasteiger partial charge in [0.15, 0.2) is 11.6 Å². The summed E-state index contributed by atoms with van der Waals surface area (Å²) < 4.78 is 32.1. The van der Waals surface area contributed by atoms with E-state index in [0.717, 1.165) is 6.07 Å². The smallest absolute Gasteiger partial charge is 0.166 e. The predicted octanol–water partition coefficient (Wildman–Crippen LogP) is 4.07. The van der Waals surface area contributed by atoms with Gasteiger partial charge in [-0.05, 0) is 36.4 Å². The molecule has 5 heteroatoms. The van der Waals surface area contributed by atoms with Crippen LogP contribution in [0.15, 0.2) is 36.4 Å². The molecule has 96 valence electrons. The molecule has 2 aromatic rings. The number of nitriles is 1. The summed E-state index contributed by atoms with van der Waals surface area (Å²) in [6.07, 6.45) is 0. The summed E-state index contributed by atoms with van der Waals surface area (Å²) in [7, 11) is 0. The molecule has 0 heterocycles. The van der Waals surface area contributed by atoms with Crippen molar-refractivity contribution in [1.29, 1.82) is 5.26 Å². The van der Waals surface area contributed by atoms with Crippen LogP contribution >= 0.6 is 11.6 Å². The zero-order valence-corrected chi connectivity index (χ0v) is 10.4. The first-order chi connectivity index (χ1) is 9.10. The maximum Gasteiger partial charge on any atom is 0.166 e. The number of benzene rings is 2. The fraction of sp³-hybridized carbons (Fsp3) is 0.0714. The molecule has 2 rings (SSSR count). The summed E-state index contributed by atoms with van der Waals surface area (Å²) in [5, 5.41) is 8.98. The highest BCUT2D eigenvalue weighted by molar-refractivity contribution is 6.30. The molecule has 0 radical (unpaired) electrons. The third kappa shape index (κ3) is 3.21. The van der Waals surface area contributed by atoms with Crippen molar-refractivity contribution in [2.45, 2.75) is 6.61 Å². The summed E-state index contributed by atoms with van der Waals surface area (Å²) in [4.78, 5) is 0. The number of rotatable bonds is 3. The minimum Gasteiger partial charge on any atom is -0.486 e. The van der Waals surface area contributed by atoms with Gasteiger partial charge in [-0.1, -0.05) is 11.6 Å². The molecular formula is C14H8ClF2NO. The SMILES string of the molecule is N#Cc1ccc(OCc2cc(Cl)ccc2F)c(F)c1. The predicted molar refractivity (Wildman–Crippen MR) is 66.9 cm³/mol. The van der Waals surface area contributed by atoms with E-state index in [1.165, 1.54) is 30.3 Å². The van der Waals surface area contributed by atoms with Gasteiger partial charge < -0.3 is 4.74 Å². The van der Waals surface area contributed by atoms with Gasteiger partial charge in [0.2, 0.25) is 0 Å². The quantitative estimate of drug-likeness (QED) is 0.848. The van der Waals surface area contributed by atoms with E-state index in [9.17, 15) is 8.78 Å². The van der Waals surface area contributed by atoms with Gasteiger partial charge in [-0.3, -0.25) is 0 Å². The minimum atomic E-state index is -0.665. The van der Waals surface area contributed by atoms with Crippen LogP contribution in [0.5, 0.6) is 5.75 Å². The highest BCUT2D eigenvalue weighted by Crippen LogP contribution is 2.21. The average Bonchev–Trinajstić information content (AvgIpc) is 2.40. The number of ether oxygens (including phenoxy) is 1. The standard InChI is InChI=1S/C14H8ClF2NO/c15-11-2-3-12(16)10(6-11)8-19-14-4-1-9(7-18)5-13(14)17/h1-6H,8H2. The molecule has 2 aromatic carbocycles. The van der Waals surface area contributed by atoms with Crippen LogP contribution < -0.4 is 4.74 Å². The van der Waals surface area contributed by atoms with Crippen LogP contribution in [0.2, 0.25) is 5.02 Å². The van der Waals surface area contributed by atoms with E-state index >= 15 is 0 Å². The van der Waals surface area contributed by atoms with Crippen molar-refractivity contribution in [1.82, 2.24) is 0 Å². The lowest BCUT2D eigenvalue weighted by Gasteiger charge is -2.08. The Labute approximate surface area is 113 Å². The Morgan fingerprint density at radius 3 is 2.58 bits per heavy atom. The molecule has 0 fully saturated rings. The molecule has 0 unspecified atom stereocenters. The number of hydrogen-bond acceptors (Lipinski definition) is 2. The van der Waals surface area contributed by atoms with E-state index in [-0.39, 0.29) is 23.5 Å². The topological polar surface area (TPSA) is 33.0 Å². The molecule has 0 N–H and O–H groups in total. The summed E-state index contributed by atoms with van der Waals surface area (Å²) in [6, 6.07) is 9.68. The average molecular weight is 280 g/mol. The van der Waals surface area contributed by atoms with Gasteiger partial charge in [0.1, 0.15) is 12.4 Å². The van der Waals surface area contributed by atoms with Crippen LogP contribution in [-0.2, 0) is 6.61 Å². The highest BCUT2D eigenvalue weighted by atomic mass is 35.5. The molecule has 0 aliphatic rings. The summed E-state index contributed by atoms with van der Waals surface area (Å²) in [5.74, 6) is -1.18. The second-order valence-corrected chi connectivity index (χ2v) is 4.22. The van der Waals surface area contributed by atoms with Crippen molar-refractivity contribution in [3.05, 3.63) is 64.2 Å². The molecule has 19 heavy (non-hydrogen) atoms. The van der Waals surface area contributed by atoms with E-state index in [4.69, 9.17) is 21.6 Å². The Morgan fingerprint density at radius 1 is 1.11 bits per heavy atom. The molecule has 0 aliphatic heterocycles. The number of hydrogen-bond donors (Lipinski definition) is 0. The molecule has 0 atom stereocenters. The molecule has 2 nitrogen and oxygen atoms in total. The van der Waals surface area contributed by atoms with Crippen LogP contribution in [0.25, 0.3) is 0 Å². The van der Waals surface area contributed by atoms with Gasteiger partial charge in [0.25, 0.3) is 0 Å². The molecule has 0 saturated heterocycles. The van der Waals surface area contributed by atoms with Gasteiger partial charge >= 0.3 is 0 Å². The Hall–Kier alpha value is -2.12. The van der Waals surface area contributed by atoms with E-state index in [0.29, 0.717) is 5.02 Å². The summed E-state index contributed by atoms with van der Waals surface area (Å²) in [5.41, 5.74) is 0.426. The number of nitrogens with zero attached hydrogens (tertiary/aromatic N) is 1. The Kier molecular flexibility index (Phi) is 3.98. The molecule has 0 aliphatic carbocycles. The Bertz CT molecular complexity index is 652. The van der Waals surface area contributed by atoms with Crippen LogP contribution in [0.1, 0.15) is 11.1 Å². The van der Waals surface area contributed by atoms with Crippen LogP contribution in [-0.4, -0.2) is 0 Å². The van der Waals surface area contributed by atoms with Gasteiger partial charge in [0.05, 0.1) is 11.6 Å². The van der Waals surface area contributed by atoms with Crippen molar-refractivity contribution < 1.29 is 13.5 Å². The first kappa shape index (κ1) is 13.3.